The van der Waals surface area contributed by atoms with Crippen LogP contribution in [0.5, 0.6) is 0 Å². The van der Waals surface area contributed by atoms with Crippen LogP contribution in [0.2, 0.25) is 0 Å². The molecule has 6 nitrogen and oxygen atoms in total. The molecule has 1 atom stereocenters. The fourth-order valence-electron chi connectivity index (χ4n) is 3.63. The summed E-state index contributed by atoms with van der Waals surface area (Å²) < 4.78 is 0. The Morgan fingerprint density at radius 1 is 0.900 bits per heavy atom. The van der Waals surface area contributed by atoms with Gasteiger partial charge in [-0.1, -0.05) is 95.0 Å². The maximum atomic E-state index is 11.4. The van der Waals surface area contributed by atoms with E-state index in [4.69, 9.17) is 0 Å². The van der Waals surface area contributed by atoms with Gasteiger partial charge in [0.2, 0.25) is 11.7 Å². The fraction of sp³-hybridized carbons (Fsp3) is 0.667. The van der Waals surface area contributed by atoms with Crippen molar-refractivity contribution in [1.82, 2.24) is 0 Å². The minimum atomic E-state index is -0.922. The van der Waals surface area contributed by atoms with Crippen LogP contribution >= 0.6 is 0 Å². The van der Waals surface area contributed by atoms with Crippen LogP contribution in [0, 0.1) is 20.2 Å². The van der Waals surface area contributed by atoms with Gasteiger partial charge in [-0.2, -0.15) is 0 Å². The summed E-state index contributed by atoms with van der Waals surface area (Å²) in [6.07, 6.45) is 15.1. The number of aryl methyl sites for hydroxylation is 1. The predicted octanol–water partition coefficient (Wildman–Crippen LogP) is 7.13. The Hall–Kier alpha value is -2.24. The summed E-state index contributed by atoms with van der Waals surface area (Å²) in [5.41, 5.74) is 1.00. The topological polar surface area (TPSA) is 86.3 Å². The van der Waals surface area contributed by atoms with Crippen LogP contribution in [0.1, 0.15) is 96.0 Å². The van der Waals surface area contributed by atoms with Crippen LogP contribution in [0.25, 0.3) is 0 Å². The van der Waals surface area contributed by atoms with Crippen molar-refractivity contribution < 1.29 is 9.85 Å². The summed E-state index contributed by atoms with van der Waals surface area (Å²) in [6.45, 7) is 2.22. The van der Waals surface area contributed by atoms with Crippen molar-refractivity contribution in [3.05, 3.63) is 67.9 Å². The molecule has 0 N–H and O–H groups in total. The average Bonchev–Trinajstić information content (AvgIpc) is 2.73. The first-order chi connectivity index (χ1) is 14.5. The summed E-state index contributed by atoms with van der Waals surface area (Å²) in [7, 11) is 0. The highest BCUT2D eigenvalue weighted by Gasteiger charge is 2.27. The van der Waals surface area contributed by atoms with Crippen molar-refractivity contribution in [3.8, 4) is 0 Å². The summed E-state index contributed by atoms with van der Waals surface area (Å²) in [4.78, 5) is 21.9. The van der Waals surface area contributed by atoms with Gasteiger partial charge in [-0.25, -0.2) is 0 Å². The Balaban J connectivity index is 2.32. The highest BCUT2D eigenvalue weighted by Crippen LogP contribution is 2.17. The molecule has 0 aromatic heterocycles. The lowest BCUT2D eigenvalue weighted by Gasteiger charge is -2.08. The molecule has 0 fully saturated rings. The Morgan fingerprint density at radius 2 is 1.47 bits per heavy atom. The van der Waals surface area contributed by atoms with Gasteiger partial charge < -0.3 is 0 Å². The lowest BCUT2D eigenvalue weighted by molar-refractivity contribution is -0.530. The van der Waals surface area contributed by atoms with E-state index < -0.39 is 11.0 Å². The van der Waals surface area contributed by atoms with Crippen molar-refractivity contribution in [2.24, 2.45) is 0 Å². The first-order valence-corrected chi connectivity index (χ1v) is 11.6. The Morgan fingerprint density at radius 3 is 2.00 bits per heavy atom. The smallest absolute Gasteiger partial charge is 0.249 e. The van der Waals surface area contributed by atoms with Gasteiger partial charge in [-0.05, 0) is 30.9 Å². The van der Waals surface area contributed by atoms with Crippen LogP contribution in [0.4, 0.5) is 0 Å². The summed E-state index contributed by atoms with van der Waals surface area (Å²) in [5.74, 6) is 0. The Bertz CT molecular complexity index is 631. The largest absolute Gasteiger partial charge is 0.264 e. The van der Waals surface area contributed by atoms with Crippen LogP contribution in [0.15, 0.2) is 42.1 Å². The quantitative estimate of drug-likeness (QED) is 0.144. The van der Waals surface area contributed by atoms with Gasteiger partial charge in [-0.3, -0.25) is 20.2 Å². The number of hydrogen-bond acceptors (Lipinski definition) is 4. The number of hydrogen-bond donors (Lipinski definition) is 0. The molecule has 0 radical (unpaired) electrons. The molecule has 0 aliphatic carbocycles. The van der Waals surface area contributed by atoms with Gasteiger partial charge in [0.1, 0.15) is 6.42 Å². The van der Waals surface area contributed by atoms with E-state index in [0.717, 1.165) is 24.8 Å². The minimum absolute atomic E-state index is 0.0133. The number of nitro groups is 2. The summed E-state index contributed by atoms with van der Waals surface area (Å²) >= 11 is 0. The second-order valence-electron chi connectivity index (χ2n) is 8.09. The lowest BCUT2D eigenvalue weighted by atomic mass is 10.0. The monoisotopic (exact) mass is 418 g/mol. The molecule has 0 saturated carbocycles. The first kappa shape index (κ1) is 25.8. The van der Waals surface area contributed by atoms with Crippen LogP contribution in [-0.2, 0) is 6.42 Å². The molecule has 0 spiro atoms. The van der Waals surface area contributed by atoms with Gasteiger partial charge in [0.15, 0.2) is 0 Å². The molecule has 0 aliphatic rings. The zero-order valence-corrected chi connectivity index (χ0v) is 18.5. The van der Waals surface area contributed by atoms with Crippen molar-refractivity contribution in [2.75, 3.05) is 0 Å². The van der Waals surface area contributed by atoms with E-state index in [-0.39, 0.29) is 17.0 Å². The third kappa shape index (κ3) is 12.3. The predicted molar refractivity (Wildman–Crippen MR) is 122 cm³/mol. The second-order valence-corrected chi connectivity index (χ2v) is 8.09. The Kier molecular flexibility index (Phi) is 14.2. The minimum Gasteiger partial charge on any atom is -0.264 e. The zero-order chi connectivity index (χ0) is 22.0. The number of allylic oxidation sites excluding steroid dienone is 1. The maximum Gasteiger partial charge on any atom is 0.249 e. The Labute approximate surface area is 181 Å². The highest BCUT2D eigenvalue weighted by atomic mass is 16.6. The van der Waals surface area contributed by atoms with Crippen LogP contribution in [-0.4, -0.2) is 15.9 Å². The molecule has 0 heterocycles. The molecular weight excluding hydrogens is 380 g/mol. The molecule has 1 rings (SSSR count). The third-order valence-electron chi connectivity index (χ3n) is 5.52. The van der Waals surface area contributed by atoms with E-state index in [1.807, 2.05) is 30.3 Å². The molecule has 0 saturated heterocycles. The molecule has 168 valence electrons. The zero-order valence-electron chi connectivity index (χ0n) is 18.5. The van der Waals surface area contributed by atoms with Gasteiger partial charge in [-0.15, -0.1) is 0 Å². The van der Waals surface area contributed by atoms with Crippen molar-refractivity contribution in [3.63, 3.8) is 0 Å². The lowest BCUT2D eigenvalue weighted by Crippen LogP contribution is -2.22. The average molecular weight is 419 g/mol. The molecule has 1 unspecified atom stereocenters. The van der Waals surface area contributed by atoms with Crippen molar-refractivity contribution in [1.29, 1.82) is 0 Å². The van der Waals surface area contributed by atoms with E-state index >= 15 is 0 Å². The van der Waals surface area contributed by atoms with Gasteiger partial charge in [0.05, 0.1) is 4.92 Å². The first-order valence-electron chi connectivity index (χ1n) is 11.6. The van der Waals surface area contributed by atoms with Gasteiger partial charge >= 0.3 is 0 Å². The summed E-state index contributed by atoms with van der Waals surface area (Å²) in [6, 6.07) is 8.61. The molecule has 0 aliphatic heterocycles. The second kappa shape index (κ2) is 16.5. The maximum absolute atomic E-state index is 11.4. The molecule has 6 heteroatoms. The standard InChI is InChI=1S/C24H38N2O4/c1-2-3-4-5-6-7-8-9-10-11-15-18-23(25(27)28)21-24(26(29)30)20-19-22-16-13-12-14-17-22/h12-14,16-18,24H,2-11,15,19-21H2,1H3. The van der Waals surface area contributed by atoms with E-state index in [1.165, 1.54) is 44.9 Å². The number of rotatable bonds is 18. The SMILES string of the molecule is CCCCCCCCCCCCC=C(CC(CCc1ccccc1)[N+](=O)[O-])[N+](=O)[O-]. The van der Waals surface area contributed by atoms with Crippen LogP contribution in [0.3, 0.4) is 0 Å². The summed E-state index contributed by atoms with van der Waals surface area (Å²) in [5, 5.41) is 22.8. The van der Waals surface area contributed by atoms with E-state index in [1.54, 1.807) is 6.08 Å². The van der Waals surface area contributed by atoms with E-state index in [2.05, 4.69) is 6.92 Å². The number of benzene rings is 1. The molecule has 0 amide bonds. The molecular formula is C24H38N2O4. The van der Waals surface area contributed by atoms with Crippen LogP contribution < -0.4 is 0 Å². The van der Waals surface area contributed by atoms with Gasteiger partial charge in [0, 0.05) is 11.3 Å². The third-order valence-corrected chi connectivity index (χ3v) is 5.52. The molecule has 30 heavy (non-hydrogen) atoms. The normalized spacial score (nSPS) is 12.6. The van der Waals surface area contributed by atoms with Crippen molar-refractivity contribution >= 4 is 0 Å². The number of nitrogens with zero attached hydrogens (tertiary/aromatic N) is 2. The van der Waals surface area contributed by atoms with Crippen molar-refractivity contribution in [2.45, 2.75) is 103 Å². The molecule has 0 bridgehead atoms. The highest BCUT2D eigenvalue weighted by molar-refractivity contribution is 5.14. The molecule has 1 aromatic rings. The van der Waals surface area contributed by atoms with E-state index in [0.29, 0.717) is 19.3 Å². The molecule has 1 aromatic carbocycles. The fourth-order valence-corrected chi connectivity index (χ4v) is 3.63. The number of unbranched alkanes of at least 4 members (excludes halogenated alkanes) is 10. The van der Waals surface area contributed by atoms with E-state index in [9.17, 15) is 20.2 Å². The van der Waals surface area contributed by atoms with Gasteiger partial charge in [0.25, 0.3) is 0 Å².